The summed E-state index contributed by atoms with van der Waals surface area (Å²) in [6, 6.07) is 11.9. The van der Waals surface area contributed by atoms with Gasteiger partial charge in [-0.2, -0.15) is 0 Å². The van der Waals surface area contributed by atoms with Gasteiger partial charge in [0, 0.05) is 29.1 Å². The Bertz CT molecular complexity index is 604. The van der Waals surface area contributed by atoms with E-state index in [-0.39, 0.29) is 11.3 Å². The number of amides is 1. The minimum absolute atomic E-state index is 0.0600. The Labute approximate surface area is 105 Å². The Morgan fingerprint density at radius 1 is 1.06 bits per heavy atom. The molecule has 2 rings (SSSR count). The molecular formula is C14H14N2O2. The van der Waals surface area contributed by atoms with Gasteiger partial charge in [-0.1, -0.05) is 18.2 Å². The molecule has 0 unspecified atom stereocenters. The number of carbonyl (C=O) groups excluding carboxylic acids is 1. The minimum Gasteiger partial charge on any atom is -0.290 e. The first kappa shape index (κ1) is 12.1. The highest BCUT2D eigenvalue weighted by Crippen LogP contribution is 2.02. The summed E-state index contributed by atoms with van der Waals surface area (Å²) in [7, 11) is 0. The van der Waals surface area contributed by atoms with Crippen molar-refractivity contribution in [2.24, 2.45) is 0 Å². The molecule has 1 amide bonds. The molecule has 0 saturated heterocycles. The van der Waals surface area contributed by atoms with E-state index >= 15 is 0 Å². The van der Waals surface area contributed by atoms with Crippen LogP contribution in [0.1, 0.15) is 21.7 Å². The number of carbonyl (C=O) groups is 1. The smallest absolute Gasteiger partial charge is 0.270 e. The molecule has 1 aromatic heterocycles. The van der Waals surface area contributed by atoms with E-state index < -0.39 is 0 Å². The van der Waals surface area contributed by atoms with E-state index in [9.17, 15) is 9.59 Å². The topological polar surface area (TPSA) is 51.1 Å². The molecule has 1 heterocycles. The van der Waals surface area contributed by atoms with Crippen LogP contribution in [0.2, 0.25) is 0 Å². The van der Waals surface area contributed by atoms with Gasteiger partial charge >= 0.3 is 0 Å². The van der Waals surface area contributed by atoms with Crippen molar-refractivity contribution in [3.8, 4) is 0 Å². The number of aromatic nitrogens is 1. The maximum Gasteiger partial charge on any atom is 0.270 e. The van der Waals surface area contributed by atoms with E-state index in [0.717, 1.165) is 0 Å². The monoisotopic (exact) mass is 242 g/mol. The van der Waals surface area contributed by atoms with Crippen LogP contribution in [0.15, 0.2) is 47.3 Å². The zero-order valence-corrected chi connectivity index (χ0v) is 10.3. The first-order valence-corrected chi connectivity index (χ1v) is 5.64. The second-order valence-electron chi connectivity index (χ2n) is 4.12. The summed E-state index contributed by atoms with van der Waals surface area (Å²) >= 11 is 0. The van der Waals surface area contributed by atoms with Crippen molar-refractivity contribution in [1.82, 2.24) is 4.68 Å². The lowest BCUT2D eigenvalue weighted by atomic mass is 10.2. The van der Waals surface area contributed by atoms with E-state index in [0.29, 0.717) is 17.0 Å². The average molecular weight is 242 g/mol. The van der Waals surface area contributed by atoms with Crippen LogP contribution in [0.25, 0.3) is 0 Å². The van der Waals surface area contributed by atoms with E-state index in [1.807, 2.05) is 6.07 Å². The third-order valence-corrected chi connectivity index (χ3v) is 2.66. The van der Waals surface area contributed by atoms with Gasteiger partial charge in [-0.05, 0) is 26.0 Å². The Hall–Kier alpha value is -2.36. The predicted octanol–water partition coefficient (Wildman–Crippen LogP) is 1.85. The molecule has 0 atom stereocenters. The van der Waals surface area contributed by atoms with Crippen LogP contribution in [0.3, 0.4) is 0 Å². The lowest BCUT2D eigenvalue weighted by Crippen LogP contribution is -2.27. The molecule has 0 aliphatic carbocycles. The quantitative estimate of drug-likeness (QED) is 0.873. The predicted molar refractivity (Wildman–Crippen MR) is 70.3 cm³/mol. The van der Waals surface area contributed by atoms with Crippen molar-refractivity contribution in [1.29, 1.82) is 0 Å². The number of nitrogens with zero attached hydrogens (tertiary/aromatic N) is 1. The number of rotatable bonds is 2. The van der Waals surface area contributed by atoms with Crippen LogP contribution in [0, 0.1) is 13.8 Å². The lowest BCUT2D eigenvalue weighted by molar-refractivity contribution is 0.101. The first-order chi connectivity index (χ1) is 8.58. The standard InChI is InChI=1S/C14H14N2O2/c1-10-8-13(17)9-11(2)16(10)15-14(18)12-6-4-3-5-7-12/h3-9H,1-2H3,(H,15,18). The normalized spacial score (nSPS) is 10.1. The summed E-state index contributed by atoms with van der Waals surface area (Å²) in [6.07, 6.45) is 0. The van der Waals surface area contributed by atoms with Gasteiger partial charge in [-0.3, -0.25) is 19.7 Å². The highest BCUT2D eigenvalue weighted by Gasteiger charge is 2.07. The van der Waals surface area contributed by atoms with Crippen molar-refractivity contribution >= 4 is 5.91 Å². The Morgan fingerprint density at radius 3 is 2.17 bits per heavy atom. The fourth-order valence-electron chi connectivity index (χ4n) is 1.79. The summed E-state index contributed by atoms with van der Waals surface area (Å²) in [5.41, 5.74) is 4.68. The van der Waals surface area contributed by atoms with Crippen LogP contribution in [-0.2, 0) is 0 Å². The molecule has 4 heteroatoms. The molecule has 92 valence electrons. The molecule has 1 aromatic carbocycles. The van der Waals surface area contributed by atoms with Crippen molar-refractivity contribution < 1.29 is 4.79 Å². The van der Waals surface area contributed by atoms with E-state index in [1.54, 1.807) is 42.8 Å². The maximum absolute atomic E-state index is 12.0. The van der Waals surface area contributed by atoms with Gasteiger partial charge in [-0.25, -0.2) is 0 Å². The van der Waals surface area contributed by atoms with Crippen LogP contribution >= 0.6 is 0 Å². The molecule has 0 aliphatic rings. The number of benzene rings is 1. The third-order valence-electron chi connectivity index (χ3n) is 2.66. The van der Waals surface area contributed by atoms with Crippen molar-refractivity contribution in [3.05, 3.63) is 69.6 Å². The van der Waals surface area contributed by atoms with Crippen LogP contribution in [-0.4, -0.2) is 10.6 Å². The molecule has 0 aliphatic heterocycles. The summed E-state index contributed by atoms with van der Waals surface area (Å²) in [6.45, 7) is 3.55. The first-order valence-electron chi connectivity index (χ1n) is 5.64. The van der Waals surface area contributed by atoms with Crippen molar-refractivity contribution in [2.45, 2.75) is 13.8 Å². The van der Waals surface area contributed by atoms with Crippen LogP contribution < -0.4 is 10.9 Å². The van der Waals surface area contributed by atoms with Gasteiger partial charge in [-0.15, -0.1) is 0 Å². The summed E-state index contributed by atoms with van der Waals surface area (Å²) in [4.78, 5) is 23.3. The molecule has 0 bridgehead atoms. The molecule has 0 spiro atoms. The highest BCUT2D eigenvalue weighted by atomic mass is 16.2. The summed E-state index contributed by atoms with van der Waals surface area (Å²) in [5.74, 6) is -0.203. The van der Waals surface area contributed by atoms with Crippen molar-refractivity contribution in [2.75, 3.05) is 5.43 Å². The van der Waals surface area contributed by atoms with E-state index in [1.165, 1.54) is 12.1 Å². The maximum atomic E-state index is 12.0. The second kappa shape index (κ2) is 4.87. The SMILES string of the molecule is Cc1cc(=O)cc(C)n1NC(=O)c1ccccc1. The lowest BCUT2D eigenvalue weighted by Gasteiger charge is -2.15. The number of aryl methyl sites for hydroxylation is 2. The second-order valence-corrected chi connectivity index (χ2v) is 4.12. The largest absolute Gasteiger partial charge is 0.290 e. The zero-order chi connectivity index (χ0) is 13.1. The summed E-state index contributed by atoms with van der Waals surface area (Å²) in [5, 5.41) is 0. The molecule has 0 saturated carbocycles. The fraction of sp³-hybridized carbons (Fsp3) is 0.143. The third kappa shape index (κ3) is 2.48. The molecule has 4 nitrogen and oxygen atoms in total. The molecule has 2 aromatic rings. The Balaban J connectivity index is 2.31. The van der Waals surface area contributed by atoms with Gasteiger partial charge in [0.15, 0.2) is 5.43 Å². The van der Waals surface area contributed by atoms with Crippen molar-refractivity contribution in [3.63, 3.8) is 0 Å². The minimum atomic E-state index is -0.203. The number of hydrogen-bond donors (Lipinski definition) is 1. The summed E-state index contributed by atoms with van der Waals surface area (Å²) < 4.78 is 1.61. The molecule has 18 heavy (non-hydrogen) atoms. The van der Waals surface area contributed by atoms with Gasteiger partial charge in [0.1, 0.15) is 0 Å². The van der Waals surface area contributed by atoms with E-state index in [4.69, 9.17) is 0 Å². The molecule has 0 fully saturated rings. The average Bonchev–Trinajstić information content (AvgIpc) is 2.34. The highest BCUT2D eigenvalue weighted by molar-refractivity contribution is 5.99. The van der Waals surface area contributed by atoms with Gasteiger partial charge in [0.2, 0.25) is 0 Å². The number of hydrogen-bond acceptors (Lipinski definition) is 2. The van der Waals surface area contributed by atoms with Gasteiger partial charge in [0.25, 0.3) is 5.91 Å². The Morgan fingerprint density at radius 2 is 1.61 bits per heavy atom. The number of nitrogens with one attached hydrogen (secondary N) is 1. The Kier molecular flexibility index (Phi) is 3.28. The van der Waals surface area contributed by atoms with Gasteiger partial charge in [0.05, 0.1) is 0 Å². The molecule has 0 radical (unpaired) electrons. The molecule has 1 N–H and O–H groups in total. The zero-order valence-electron chi connectivity index (χ0n) is 10.3. The number of pyridine rings is 1. The molecular weight excluding hydrogens is 228 g/mol. The van der Waals surface area contributed by atoms with Crippen LogP contribution in [0.4, 0.5) is 0 Å². The van der Waals surface area contributed by atoms with Crippen LogP contribution in [0.5, 0.6) is 0 Å². The van der Waals surface area contributed by atoms with E-state index in [2.05, 4.69) is 5.43 Å². The van der Waals surface area contributed by atoms with Gasteiger partial charge < -0.3 is 0 Å². The fourth-order valence-corrected chi connectivity index (χ4v) is 1.79.